The molecule has 0 saturated heterocycles. The molecule has 9 nitrogen and oxygen atoms in total. The normalized spacial score (nSPS) is 12.3. The molecular weight excluding hydrogens is 590 g/mol. The van der Waals surface area contributed by atoms with E-state index in [1.165, 1.54) is 18.9 Å². The number of esters is 1. The monoisotopic (exact) mass is 625 g/mol. The third kappa shape index (κ3) is 8.73. The van der Waals surface area contributed by atoms with E-state index in [2.05, 4.69) is 10.6 Å². The molecule has 0 aliphatic rings. The second-order valence-corrected chi connectivity index (χ2v) is 11.3. The predicted molar refractivity (Wildman–Crippen MR) is 173 cm³/mol. The number of thioether (sulfide) groups is 1. The highest BCUT2D eigenvalue weighted by Crippen LogP contribution is 2.48. The van der Waals surface area contributed by atoms with Gasteiger partial charge in [0, 0.05) is 5.75 Å². The second-order valence-electron chi connectivity index (χ2n) is 10.1. The van der Waals surface area contributed by atoms with Gasteiger partial charge in [0.1, 0.15) is 18.7 Å². The van der Waals surface area contributed by atoms with Crippen molar-refractivity contribution in [3.05, 3.63) is 144 Å². The van der Waals surface area contributed by atoms with Crippen molar-refractivity contribution in [3.63, 3.8) is 0 Å². The van der Waals surface area contributed by atoms with Crippen molar-refractivity contribution in [2.24, 2.45) is 5.73 Å². The van der Waals surface area contributed by atoms with Crippen LogP contribution in [0, 0.1) is 0 Å². The van der Waals surface area contributed by atoms with Crippen LogP contribution in [0.3, 0.4) is 0 Å². The summed E-state index contributed by atoms with van der Waals surface area (Å²) < 4.78 is 9.51. The van der Waals surface area contributed by atoms with Gasteiger partial charge in [0.05, 0.1) is 18.3 Å². The maximum atomic E-state index is 13.4. The zero-order chi connectivity index (χ0) is 32.1. The molecule has 0 saturated carbocycles. The second kappa shape index (κ2) is 16.1. The molecule has 0 bridgehead atoms. The van der Waals surface area contributed by atoms with E-state index < -0.39 is 47.1 Å². The number of amides is 3. The number of primary amides is 1. The number of nitrogens with two attached hydrogens (primary N) is 1. The number of alkyl carbamates (subject to hydrolysis) is 1. The molecule has 0 fully saturated rings. The van der Waals surface area contributed by atoms with Gasteiger partial charge in [0.2, 0.25) is 11.8 Å². The first-order valence-corrected chi connectivity index (χ1v) is 15.3. The van der Waals surface area contributed by atoms with E-state index >= 15 is 0 Å². The number of nitrogens with one attached hydrogen (secondary N) is 2. The molecule has 2 atom stereocenters. The van der Waals surface area contributed by atoms with E-state index in [0.717, 1.165) is 22.3 Å². The van der Waals surface area contributed by atoms with Crippen LogP contribution in [0.25, 0.3) is 0 Å². The van der Waals surface area contributed by atoms with E-state index in [1.54, 1.807) is 24.3 Å². The van der Waals surface area contributed by atoms with Crippen LogP contribution in [0.15, 0.2) is 121 Å². The van der Waals surface area contributed by atoms with Crippen LogP contribution in [-0.4, -0.2) is 48.8 Å². The number of methoxy groups -OCH3 is 1. The van der Waals surface area contributed by atoms with Gasteiger partial charge in [-0.1, -0.05) is 121 Å². The fourth-order valence-electron chi connectivity index (χ4n) is 4.88. The third-order valence-electron chi connectivity index (χ3n) is 7.04. The van der Waals surface area contributed by atoms with Crippen molar-refractivity contribution in [3.8, 4) is 0 Å². The molecule has 0 aliphatic heterocycles. The van der Waals surface area contributed by atoms with Crippen LogP contribution in [0.2, 0.25) is 0 Å². The van der Waals surface area contributed by atoms with Gasteiger partial charge in [-0.15, -0.1) is 11.8 Å². The van der Waals surface area contributed by atoms with Crippen molar-refractivity contribution < 1.29 is 28.7 Å². The van der Waals surface area contributed by atoms with Crippen molar-refractivity contribution in [2.45, 2.75) is 29.9 Å². The van der Waals surface area contributed by atoms with Crippen molar-refractivity contribution in [2.75, 3.05) is 12.9 Å². The molecule has 232 valence electrons. The van der Waals surface area contributed by atoms with Crippen molar-refractivity contribution in [1.29, 1.82) is 0 Å². The van der Waals surface area contributed by atoms with E-state index in [-0.39, 0.29) is 12.4 Å². The highest BCUT2D eigenvalue weighted by Gasteiger charge is 2.39. The van der Waals surface area contributed by atoms with Gasteiger partial charge in [0.25, 0.3) is 0 Å². The van der Waals surface area contributed by atoms with Crippen LogP contribution < -0.4 is 16.4 Å². The Labute approximate surface area is 266 Å². The summed E-state index contributed by atoms with van der Waals surface area (Å²) in [5.41, 5.74) is 9.04. The van der Waals surface area contributed by atoms with Crippen molar-refractivity contribution in [1.82, 2.24) is 10.6 Å². The average molecular weight is 626 g/mol. The fourth-order valence-corrected chi connectivity index (χ4v) is 6.42. The summed E-state index contributed by atoms with van der Waals surface area (Å²) in [6, 6.07) is 36.1. The highest BCUT2D eigenvalue weighted by molar-refractivity contribution is 8.00. The molecule has 4 aromatic rings. The molecule has 3 amide bonds. The quantitative estimate of drug-likeness (QED) is 0.138. The number of benzene rings is 4. The molecule has 0 heterocycles. The maximum Gasteiger partial charge on any atom is 0.408 e. The molecule has 0 aliphatic carbocycles. The van der Waals surface area contributed by atoms with Crippen LogP contribution in [0.4, 0.5) is 4.79 Å². The lowest BCUT2D eigenvalue weighted by Crippen LogP contribution is -2.54. The minimum absolute atomic E-state index is 0.0421. The Bertz CT molecular complexity index is 1460. The molecule has 0 radical (unpaired) electrons. The topological polar surface area (TPSA) is 137 Å². The molecule has 10 heteroatoms. The van der Waals surface area contributed by atoms with E-state index in [1.807, 2.05) is 97.1 Å². The van der Waals surface area contributed by atoms with E-state index in [4.69, 9.17) is 15.2 Å². The van der Waals surface area contributed by atoms with Gasteiger partial charge < -0.3 is 25.8 Å². The number of hydrogen-bond donors (Lipinski definition) is 3. The lowest BCUT2D eigenvalue weighted by molar-refractivity contribution is -0.144. The zero-order valence-electron chi connectivity index (χ0n) is 24.8. The smallest absolute Gasteiger partial charge is 0.408 e. The molecule has 2 unspecified atom stereocenters. The van der Waals surface area contributed by atoms with Crippen LogP contribution in [0.5, 0.6) is 0 Å². The summed E-state index contributed by atoms with van der Waals surface area (Å²) in [6.45, 7) is -0.0421. The molecule has 0 aromatic heterocycles. The third-order valence-corrected chi connectivity index (χ3v) is 8.68. The molecule has 4 rings (SSSR count). The van der Waals surface area contributed by atoms with Gasteiger partial charge in [-0.05, 0) is 22.3 Å². The highest BCUT2D eigenvalue weighted by atomic mass is 32.2. The molecule has 0 spiro atoms. The van der Waals surface area contributed by atoms with Gasteiger partial charge in [-0.25, -0.2) is 9.59 Å². The number of carbonyl (C=O) groups excluding carboxylic acids is 4. The molecule has 4 aromatic carbocycles. The van der Waals surface area contributed by atoms with Crippen LogP contribution in [-0.2, 0) is 35.2 Å². The zero-order valence-corrected chi connectivity index (χ0v) is 25.6. The first-order chi connectivity index (χ1) is 21.8. The number of rotatable bonds is 14. The van der Waals surface area contributed by atoms with Crippen LogP contribution in [0.1, 0.15) is 28.7 Å². The largest absolute Gasteiger partial charge is 0.467 e. The lowest BCUT2D eigenvalue weighted by atomic mass is 9.84. The number of ether oxygens (including phenoxy) is 2. The predicted octanol–water partition coefficient (Wildman–Crippen LogP) is 4.54. The van der Waals surface area contributed by atoms with E-state index in [9.17, 15) is 19.2 Å². The summed E-state index contributed by atoms with van der Waals surface area (Å²) in [5.74, 6) is -2.22. The van der Waals surface area contributed by atoms with Crippen LogP contribution >= 0.6 is 11.8 Å². The first kappa shape index (κ1) is 32.8. The summed E-state index contributed by atoms with van der Waals surface area (Å²) in [6.07, 6.45) is -1.42. The maximum absolute atomic E-state index is 13.4. The summed E-state index contributed by atoms with van der Waals surface area (Å²) in [7, 11) is 1.23. The Morgan fingerprint density at radius 2 is 1.18 bits per heavy atom. The SMILES string of the molecule is COC(=O)C(CSC(c1ccccc1)(c1ccccc1)c1ccccc1)NC(=O)C(CC(N)=O)NC(=O)OCc1ccccc1. The molecule has 45 heavy (non-hydrogen) atoms. The Morgan fingerprint density at radius 1 is 0.711 bits per heavy atom. The summed E-state index contributed by atoms with van der Waals surface area (Å²) in [5, 5.41) is 5.06. The fraction of sp³-hybridized carbons (Fsp3) is 0.200. The summed E-state index contributed by atoms with van der Waals surface area (Å²) >= 11 is 1.45. The Morgan fingerprint density at radius 3 is 1.62 bits per heavy atom. The molecule has 4 N–H and O–H groups in total. The van der Waals surface area contributed by atoms with Gasteiger partial charge in [0.15, 0.2) is 0 Å². The van der Waals surface area contributed by atoms with Gasteiger partial charge >= 0.3 is 12.1 Å². The number of hydrogen-bond acceptors (Lipinski definition) is 7. The minimum Gasteiger partial charge on any atom is -0.467 e. The Kier molecular flexibility index (Phi) is 11.8. The Balaban J connectivity index is 1.59. The lowest BCUT2D eigenvalue weighted by Gasteiger charge is -2.36. The minimum atomic E-state index is -1.38. The standard InChI is InChI=1S/C35H35N3O6S/c1-43-33(41)30(37-32(40)29(22-31(36)39)38-34(42)44-23-25-14-6-2-7-15-25)24-45-35(26-16-8-3-9-17-26,27-18-10-4-11-19-27)28-20-12-5-13-21-28/h2-21,29-30H,22-24H2,1H3,(H2,36,39)(H,37,40)(H,38,42). The first-order valence-electron chi connectivity index (χ1n) is 14.3. The average Bonchev–Trinajstić information content (AvgIpc) is 3.08. The van der Waals surface area contributed by atoms with Gasteiger partial charge in [-0.3, -0.25) is 9.59 Å². The molecular formula is C35H35N3O6S. The summed E-state index contributed by atoms with van der Waals surface area (Å²) in [4.78, 5) is 50.9. The van der Waals surface area contributed by atoms with E-state index in [0.29, 0.717) is 0 Å². The van der Waals surface area contributed by atoms with Gasteiger partial charge in [-0.2, -0.15) is 0 Å². The number of carbonyl (C=O) groups is 4. The van der Waals surface area contributed by atoms with Crippen molar-refractivity contribution >= 4 is 35.6 Å². The Hall–Kier alpha value is -5.09.